The van der Waals surface area contributed by atoms with Crippen molar-refractivity contribution in [2.24, 2.45) is 5.41 Å². The predicted molar refractivity (Wildman–Crippen MR) is 68.5 cm³/mol. The maximum atomic E-state index is 11.8. The molecule has 0 aliphatic rings. The van der Waals surface area contributed by atoms with E-state index in [2.05, 4.69) is 10.1 Å². The second kappa shape index (κ2) is 4.87. The standard InChI is InChI=1S/C12H17NO3S/c1-7-6-8(13-11(15)12(2,3)4)17-9(7)10(14)16-5/h6H,1-5H3,(H,13,15). The molecule has 1 aromatic heterocycles. The number of ether oxygens (including phenoxy) is 1. The van der Waals surface area contributed by atoms with Gasteiger partial charge in [-0.05, 0) is 18.6 Å². The first-order chi connectivity index (χ1) is 7.75. The van der Waals surface area contributed by atoms with E-state index in [1.807, 2.05) is 27.7 Å². The van der Waals surface area contributed by atoms with Gasteiger partial charge in [-0.15, -0.1) is 11.3 Å². The third-order valence-electron chi connectivity index (χ3n) is 2.21. The molecule has 0 bridgehead atoms. The maximum absolute atomic E-state index is 11.8. The van der Waals surface area contributed by atoms with Crippen molar-refractivity contribution in [2.45, 2.75) is 27.7 Å². The Labute approximate surface area is 105 Å². The Balaban J connectivity index is 2.88. The van der Waals surface area contributed by atoms with Crippen molar-refractivity contribution >= 4 is 28.2 Å². The Morgan fingerprint density at radius 2 is 1.94 bits per heavy atom. The lowest BCUT2D eigenvalue weighted by Gasteiger charge is -2.16. The van der Waals surface area contributed by atoms with Gasteiger partial charge in [-0.25, -0.2) is 4.79 Å². The van der Waals surface area contributed by atoms with E-state index < -0.39 is 5.41 Å². The Hall–Kier alpha value is -1.36. The molecule has 1 aromatic rings. The van der Waals surface area contributed by atoms with E-state index in [0.717, 1.165) is 5.56 Å². The number of hydrogen-bond donors (Lipinski definition) is 1. The number of carbonyl (C=O) groups excluding carboxylic acids is 2. The van der Waals surface area contributed by atoms with E-state index in [1.165, 1.54) is 18.4 Å². The Morgan fingerprint density at radius 1 is 1.35 bits per heavy atom. The zero-order valence-corrected chi connectivity index (χ0v) is 11.5. The van der Waals surface area contributed by atoms with Gasteiger partial charge >= 0.3 is 5.97 Å². The zero-order valence-electron chi connectivity index (χ0n) is 10.7. The van der Waals surface area contributed by atoms with E-state index in [4.69, 9.17) is 0 Å². The van der Waals surface area contributed by atoms with Crippen molar-refractivity contribution in [3.8, 4) is 0 Å². The summed E-state index contributed by atoms with van der Waals surface area (Å²) in [5.74, 6) is -0.445. The van der Waals surface area contributed by atoms with Crippen molar-refractivity contribution < 1.29 is 14.3 Å². The van der Waals surface area contributed by atoms with Crippen molar-refractivity contribution in [1.29, 1.82) is 0 Å². The van der Waals surface area contributed by atoms with Crippen molar-refractivity contribution in [3.05, 3.63) is 16.5 Å². The predicted octanol–water partition coefficient (Wildman–Crippen LogP) is 2.83. The molecule has 17 heavy (non-hydrogen) atoms. The maximum Gasteiger partial charge on any atom is 0.348 e. The van der Waals surface area contributed by atoms with Gasteiger partial charge < -0.3 is 10.1 Å². The van der Waals surface area contributed by atoms with Gasteiger partial charge in [0.1, 0.15) is 4.88 Å². The van der Waals surface area contributed by atoms with Gasteiger partial charge in [-0.3, -0.25) is 4.79 Å². The molecule has 0 radical (unpaired) electrons. The molecule has 5 heteroatoms. The van der Waals surface area contributed by atoms with Crippen LogP contribution in [0.15, 0.2) is 6.07 Å². The van der Waals surface area contributed by atoms with Gasteiger partial charge in [-0.1, -0.05) is 20.8 Å². The molecule has 1 heterocycles. The van der Waals surface area contributed by atoms with Crippen molar-refractivity contribution in [3.63, 3.8) is 0 Å². The van der Waals surface area contributed by atoms with Crippen LogP contribution in [0.3, 0.4) is 0 Å². The van der Waals surface area contributed by atoms with Crippen LogP contribution in [-0.4, -0.2) is 19.0 Å². The Kier molecular flexibility index (Phi) is 3.93. The molecule has 1 N–H and O–H groups in total. The molecule has 0 unspecified atom stereocenters. The molecule has 0 atom stereocenters. The summed E-state index contributed by atoms with van der Waals surface area (Å²) >= 11 is 1.23. The lowest BCUT2D eigenvalue weighted by molar-refractivity contribution is -0.123. The second-order valence-electron chi connectivity index (χ2n) is 4.82. The Morgan fingerprint density at radius 3 is 2.41 bits per heavy atom. The summed E-state index contributed by atoms with van der Waals surface area (Å²) in [6.07, 6.45) is 0. The molecule has 0 fully saturated rings. The van der Waals surface area contributed by atoms with Crippen molar-refractivity contribution in [2.75, 3.05) is 12.4 Å². The number of amides is 1. The number of esters is 1. The highest BCUT2D eigenvalue weighted by Gasteiger charge is 2.23. The van der Waals surface area contributed by atoms with Gasteiger partial charge in [0.2, 0.25) is 5.91 Å². The van der Waals surface area contributed by atoms with Crippen LogP contribution in [0.5, 0.6) is 0 Å². The third kappa shape index (κ3) is 3.30. The molecular formula is C12H17NO3S. The fraction of sp³-hybridized carbons (Fsp3) is 0.500. The summed E-state index contributed by atoms with van der Waals surface area (Å²) in [7, 11) is 1.34. The monoisotopic (exact) mass is 255 g/mol. The lowest BCUT2D eigenvalue weighted by atomic mass is 9.96. The summed E-state index contributed by atoms with van der Waals surface area (Å²) in [5, 5.41) is 3.46. The van der Waals surface area contributed by atoms with Gasteiger partial charge in [-0.2, -0.15) is 0 Å². The molecule has 0 saturated carbocycles. The smallest absolute Gasteiger partial charge is 0.348 e. The molecule has 1 amide bonds. The van der Waals surface area contributed by atoms with E-state index in [9.17, 15) is 9.59 Å². The van der Waals surface area contributed by atoms with Crippen LogP contribution >= 0.6 is 11.3 Å². The SMILES string of the molecule is COC(=O)c1sc(NC(=O)C(C)(C)C)cc1C. The molecule has 0 aliphatic heterocycles. The first-order valence-corrected chi connectivity index (χ1v) is 6.07. The molecule has 1 rings (SSSR count). The summed E-state index contributed by atoms with van der Waals surface area (Å²) in [5.41, 5.74) is 0.356. The van der Waals surface area contributed by atoms with E-state index in [0.29, 0.717) is 9.88 Å². The quantitative estimate of drug-likeness (QED) is 0.827. The van der Waals surface area contributed by atoms with E-state index in [1.54, 1.807) is 6.07 Å². The second-order valence-corrected chi connectivity index (χ2v) is 5.87. The average Bonchev–Trinajstić information content (AvgIpc) is 2.57. The van der Waals surface area contributed by atoms with Gasteiger partial charge in [0.15, 0.2) is 0 Å². The number of methoxy groups -OCH3 is 1. The molecule has 4 nitrogen and oxygen atoms in total. The number of carbonyl (C=O) groups is 2. The minimum atomic E-state index is -0.455. The minimum absolute atomic E-state index is 0.0739. The lowest BCUT2D eigenvalue weighted by Crippen LogP contribution is -2.27. The van der Waals surface area contributed by atoms with Gasteiger partial charge in [0.25, 0.3) is 0 Å². The number of anilines is 1. The van der Waals surface area contributed by atoms with E-state index in [-0.39, 0.29) is 11.9 Å². The molecular weight excluding hydrogens is 238 g/mol. The van der Waals surface area contributed by atoms with Gasteiger partial charge in [0, 0.05) is 5.41 Å². The number of thiophene rings is 1. The van der Waals surface area contributed by atoms with Crippen LogP contribution in [0.4, 0.5) is 5.00 Å². The number of nitrogens with one attached hydrogen (secondary N) is 1. The van der Waals surface area contributed by atoms with Crippen LogP contribution in [0, 0.1) is 12.3 Å². The first-order valence-electron chi connectivity index (χ1n) is 5.26. The van der Waals surface area contributed by atoms with Crippen LogP contribution < -0.4 is 5.32 Å². The van der Waals surface area contributed by atoms with Crippen LogP contribution in [0.1, 0.15) is 36.0 Å². The third-order valence-corrected chi connectivity index (χ3v) is 3.34. The molecule has 0 saturated heterocycles. The summed E-state index contributed by atoms with van der Waals surface area (Å²) < 4.78 is 4.66. The molecule has 0 aliphatic carbocycles. The summed E-state index contributed by atoms with van der Waals surface area (Å²) in [6, 6.07) is 1.78. The minimum Gasteiger partial charge on any atom is -0.465 e. The number of aryl methyl sites for hydroxylation is 1. The highest BCUT2D eigenvalue weighted by atomic mass is 32.1. The fourth-order valence-corrected chi connectivity index (χ4v) is 2.12. The fourth-order valence-electron chi connectivity index (χ4n) is 1.14. The average molecular weight is 255 g/mol. The largest absolute Gasteiger partial charge is 0.465 e. The zero-order chi connectivity index (χ0) is 13.2. The molecule has 0 spiro atoms. The first kappa shape index (κ1) is 13.7. The molecule has 94 valence electrons. The summed E-state index contributed by atoms with van der Waals surface area (Å²) in [4.78, 5) is 23.7. The number of rotatable bonds is 2. The topological polar surface area (TPSA) is 55.4 Å². The van der Waals surface area contributed by atoms with Crippen molar-refractivity contribution in [1.82, 2.24) is 0 Å². The Bertz CT molecular complexity index is 443. The van der Waals surface area contributed by atoms with Gasteiger partial charge in [0.05, 0.1) is 12.1 Å². The molecule has 0 aromatic carbocycles. The number of hydrogen-bond acceptors (Lipinski definition) is 4. The highest BCUT2D eigenvalue weighted by molar-refractivity contribution is 7.18. The van der Waals surface area contributed by atoms with E-state index >= 15 is 0 Å². The summed E-state index contributed by atoms with van der Waals surface area (Å²) in [6.45, 7) is 7.33. The highest BCUT2D eigenvalue weighted by Crippen LogP contribution is 2.28. The van der Waals surface area contributed by atoms with Crippen LogP contribution in [0.2, 0.25) is 0 Å². The van der Waals surface area contributed by atoms with Crippen LogP contribution in [-0.2, 0) is 9.53 Å². The van der Waals surface area contributed by atoms with Crippen LogP contribution in [0.25, 0.3) is 0 Å². The normalized spacial score (nSPS) is 11.1.